The van der Waals surface area contributed by atoms with E-state index in [0.29, 0.717) is 77.6 Å². The number of aryl methyl sites for hydroxylation is 15. The van der Waals surface area contributed by atoms with Crippen LogP contribution < -0.4 is 14.2 Å². The number of carbonyl (C=O) groups is 3. The van der Waals surface area contributed by atoms with Gasteiger partial charge in [-0.15, -0.1) is 0 Å². The average Bonchev–Trinajstić information content (AvgIpc) is 0.725. The first-order valence-electron chi connectivity index (χ1n) is 45.2. The van der Waals surface area contributed by atoms with Crippen LogP contribution in [0.3, 0.4) is 0 Å². The number of phenolic OH excluding ortho intramolecular Hbond substituents is 6. The Morgan fingerprint density at radius 3 is 0.716 bits per heavy atom. The molecule has 16 aromatic carbocycles. The number of phenols is 6. The van der Waals surface area contributed by atoms with Crippen LogP contribution in [0.1, 0.15) is 248 Å². The summed E-state index contributed by atoms with van der Waals surface area (Å²) in [6.45, 7) is 36.2. The first-order chi connectivity index (χ1) is 63.7. The second kappa shape index (κ2) is 36.2. The summed E-state index contributed by atoms with van der Waals surface area (Å²) in [5.74, 6) is -2.57. The number of fused-ring (bicyclic) bond motifs is 3. The molecule has 0 aliphatic heterocycles. The highest BCUT2D eigenvalue weighted by Crippen LogP contribution is 2.54. The van der Waals surface area contributed by atoms with Gasteiger partial charge in [0.1, 0.15) is 71.6 Å². The second-order valence-corrected chi connectivity index (χ2v) is 37.5. The molecule has 678 valence electrons. The fraction of sp³-hybridized carbons (Fsp3) is 0.218. The molecule has 0 aromatic heterocycles. The maximum Gasteiger partial charge on any atom is 0.336 e. The molecular formula is C119H112O15. The monoisotopic (exact) mass is 1780 g/mol. The second-order valence-electron chi connectivity index (χ2n) is 37.5. The van der Waals surface area contributed by atoms with Crippen LogP contribution in [0, 0.1) is 104 Å². The van der Waals surface area contributed by atoms with Crippen molar-refractivity contribution in [3.8, 4) is 51.7 Å². The summed E-state index contributed by atoms with van der Waals surface area (Å²) in [4.78, 5) is 38.6. The summed E-state index contributed by atoms with van der Waals surface area (Å²) in [5, 5.41) is 105. The van der Waals surface area contributed by atoms with Gasteiger partial charge in [0.25, 0.3) is 0 Å². The minimum absolute atomic E-state index is 0.0128. The Balaban J connectivity index is 0.974. The Morgan fingerprint density at radius 1 is 0.239 bits per heavy atom. The van der Waals surface area contributed by atoms with Crippen LogP contribution in [0.25, 0.3) is 32.3 Å². The lowest BCUT2D eigenvalue weighted by Crippen LogP contribution is -2.28. The number of hydrogen-bond acceptors (Lipinski definition) is 12. The minimum Gasteiger partial charge on any atom is -0.508 e. The molecule has 0 unspecified atom stereocenters. The lowest BCUT2D eigenvalue weighted by Gasteiger charge is -2.37. The van der Waals surface area contributed by atoms with Crippen molar-refractivity contribution in [3.63, 3.8) is 0 Å². The summed E-state index contributed by atoms with van der Waals surface area (Å²) in [6.07, 6.45) is 0. The van der Waals surface area contributed by atoms with Crippen molar-refractivity contribution < 1.29 is 74.6 Å². The first kappa shape index (κ1) is 92.2. The number of carboxylic acids is 3. The van der Waals surface area contributed by atoms with Gasteiger partial charge in [-0.3, -0.25) is 0 Å². The highest BCUT2D eigenvalue weighted by Gasteiger charge is 2.40. The van der Waals surface area contributed by atoms with Crippen molar-refractivity contribution in [1.29, 1.82) is 0 Å². The molecule has 15 heteroatoms. The highest BCUT2D eigenvalue weighted by atomic mass is 16.5. The van der Waals surface area contributed by atoms with Crippen molar-refractivity contribution in [3.05, 3.63) is 437 Å². The summed E-state index contributed by atoms with van der Waals surface area (Å²) in [6, 6.07) is 77.7. The zero-order valence-electron chi connectivity index (χ0n) is 78.9. The van der Waals surface area contributed by atoms with Gasteiger partial charge in [0.2, 0.25) is 0 Å². The number of benzene rings is 16. The Kier molecular flexibility index (Phi) is 24.9. The molecule has 16 rings (SSSR count). The third kappa shape index (κ3) is 17.0. The van der Waals surface area contributed by atoms with Crippen LogP contribution in [0.4, 0.5) is 0 Å². The normalized spacial score (nSPS) is 11.9. The Labute approximate surface area is 782 Å². The van der Waals surface area contributed by atoms with E-state index in [0.717, 1.165) is 150 Å². The standard InChI is InChI=1S/C119H112O15/c1-62-50-103(120)68(7)44-94(62)109(95-45-69(8)104(121)51-63(95)2)100-56-82(41-74(13)112(100)132-59-77-25-19-31-88-85(77)28-22-34-91(88)115(126)127)118(16,17)80-37-39-81(40-38-80)119(18,83-42-75(14)113(133-60-78-26-20-32-89-86(78)29-23-35-92(89)116(128)129)101(57-83)110(96-46-70(9)105(122)52-64(96)3)97-47-71(10)106(123)53-65(97)4)84-43-76(15)114(134-61-79-27-21-33-90-87(79)30-24-36-93(90)117(130)131)102(58-84)111(98-48-72(11)107(124)54-66(98)5)99-49-73(12)108(125)55-67(99)6/h19-58,109-111,120-125H,59-61H2,1-18H3,(H,126,127)(H,128,129)(H,130,131). The molecule has 0 amide bonds. The highest BCUT2D eigenvalue weighted by molar-refractivity contribution is 6.06. The van der Waals surface area contributed by atoms with E-state index in [-0.39, 0.29) is 71.0 Å². The van der Waals surface area contributed by atoms with Gasteiger partial charge in [0, 0.05) is 45.3 Å². The van der Waals surface area contributed by atoms with Crippen molar-refractivity contribution in [2.45, 2.75) is 173 Å². The summed E-state index contributed by atoms with van der Waals surface area (Å²) in [5.41, 5.74) is 23.7. The lowest BCUT2D eigenvalue weighted by molar-refractivity contribution is 0.0688. The lowest BCUT2D eigenvalue weighted by atomic mass is 9.67. The predicted octanol–water partition coefficient (Wildman–Crippen LogP) is 27.1. The van der Waals surface area contributed by atoms with Crippen molar-refractivity contribution >= 4 is 50.2 Å². The molecule has 0 radical (unpaired) electrons. The minimum atomic E-state index is -1.23. The van der Waals surface area contributed by atoms with Crippen molar-refractivity contribution in [1.82, 2.24) is 0 Å². The summed E-state index contributed by atoms with van der Waals surface area (Å²) in [7, 11) is 0. The van der Waals surface area contributed by atoms with Gasteiger partial charge >= 0.3 is 17.9 Å². The van der Waals surface area contributed by atoms with Crippen LogP contribution in [-0.4, -0.2) is 63.9 Å². The van der Waals surface area contributed by atoms with E-state index in [1.54, 1.807) is 72.8 Å². The number of ether oxygens (including phenoxy) is 3. The van der Waals surface area contributed by atoms with Crippen LogP contribution in [-0.2, 0) is 30.7 Å². The number of aromatic hydroxyl groups is 6. The third-order valence-corrected chi connectivity index (χ3v) is 28.1. The molecule has 0 aliphatic carbocycles. The van der Waals surface area contributed by atoms with Gasteiger partial charge in [-0.25, -0.2) is 14.4 Å². The molecule has 15 nitrogen and oxygen atoms in total. The fourth-order valence-electron chi connectivity index (χ4n) is 20.3. The Bertz CT molecular complexity index is 7050. The quantitative estimate of drug-likeness (QED) is 0.0228. The molecule has 0 saturated carbocycles. The van der Waals surface area contributed by atoms with E-state index in [2.05, 4.69) is 102 Å². The van der Waals surface area contributed by atoms with Crippen LogP contribution in [0.5, 0.6) is 51.7 Å². The van der Waals surface area contributed by atoms with Gasteiger partial charge in [-0.05, 0) is 371 Å². The number of hydrogen-bond donors (Lipinski definition) is 9. The molecule has 0 saturated heterocycles. The Morgan fingerprint density at radius 2 is 0.463 bits per heavy atom. The first-order valence-corrected chi connectivity index (χ1v) is 45.2. The largest absolute Gasteiger partial charge is 0.508 e. The average molecular weight is 1780 g/mol. The molecular weight excluding hydrogens is 1670 g/mol. The maximum absolute atomic E-state index is 12.9. The van der Waals surface area contributed by atoms with Crippen molar-refractivity contribution in [2.24, 2.45) is 0 Å². The molecule has 0 bridgehead atoms. The predicted molar refractivity (Wildman–Crippen MR) is 532 cm³/mol. The van der Waals surface area contributed by atoms with E-state index in [4.69, 9.17) is 14.2 Å². The zero-order valence-corrected chi connectivity index (χ0v) is 78.9. The molecule has 0 spiro atoms. The number of aromatic carboxylic acids is 3. The van der Waals surface area contributed by atoms with Gasteiger partial charge < -0.3 is 60.2 Å². The molecule has 9 N–H and O–H groups in total. The summed E-state index contributed by atoms with van der Waals surface area (Å²) >= 11 is 0. The molecule has 0 aliphatic rings. The van der Waals surface area contributed by atoms with Crippen LogP contribution >= 0.6 is 0 Å². The Hall–Kier alpha value is -15.1. The van der Waals surface area contributed by atoms with Gasteiger partial charge in [-0.1, -0.05) is 190 Å². The molecule has 0 atom stereocenters. The SMILES string of the molecule is Cc1cc(C(c2cc(C)c(O)cc2C)c2cc(C(C)(C)c3ccc(C(C)(c4cc(C)c(OCc5cccc6c(C(=O)O)cccc56)c(C(c5cc(C)c(O)cc5C)c5cc(C)c(O)cc5C)c4)c4cc(C)c(OCc5cccc6c(C(=O)O)cccc56)c(C(c5cc(C)c(O)cc5C)c5cc(C)c(O)cc5C)c4)cc3)cc(C)c2OCc2cccc3c(C(=O)O)cccc23)c(C)cc1O. The van der Waals surface area contributed by atoms with E-state index in [9.17, 15) is 60.3 Å². The van der Waals surface area contributed by atoms with Crippen molar-refractivity contribution in [2.75, 3.05) is 0 Å². The van der Waals surface area contributed by atoms with Gasteiger partial charge in [-0.2, -0.15) is 0 Å². The molecule has 16 aromatic rings. The smallest absolute Gasteiger partial charge is 0.336 e. The molecule has 134 heavy (non-hydrogen) atoms. The number of carboxylic acid groups (broad SMARTS) is 3. The topological polar surface area (TPSA) is 261 Å². The zero-order chi connectivity index (χ0) is 95.9. The van der Waals surface area contributed by atoms with Crippen LogP contribution in [0.15, 0.2) is 243 Å². The fourth-order valence-corrected chi connectivity index (χ4v) is 20.3. The van der Waals surface area contributed by atoms with Gasteiger partial charge in [0.05, 0.1) is 16.7 Å². The van der Waals surface area contributed by atoms with E-state index in [1.165, 1.54) is 0 Å². The molecule has 0 heterocycles. The van der Waals surface area contributed by atoms with E-state index < -0.39 is 46.5 Å². The maximum atomic E-state index is 12.9. The third-order valence-electron chi connectivity index (χ3n) is 28.1. The van der Waals surface area contributed by atoms with Gasteiger partial charge in [0.15, 0.2) is 0 Å². The van der Waals surface area contributed by atoms with E-state index in [1.807, 2.05) is 192 Å². The number of rotatable bonds is 26. The van der Waals surface area contributed by atoms with E-state index >= 15 is 0 Å². The summed E-state index contributed by atoms with van der Waals surface area (Å²) < 4.78 is 22.3. The van der Waals surface area contributed by atoms with Crippen LogP contribution in [0.2, 0.25) is 0 Å². The molecule has 0 fully saturated rings.